The van der Waals surface area contributed by atoms with Crippen molar-refractivity contribution in [3.63, 3.8) is 0 Å². The molecule has 1 aromatic carbocycles. The van der Waals surface area contributed by atoms with Crippen LogP contribution < -0.4 is 10.5 Å². The van der Waals surface area contributed by atoms with E-state index >= 15 is 0 Å². The minimum atomic E-state index is -3.61. The van der Waals surface area contributed by atoms with Crippen molar-refractivity contribution in [2.45, 2.75) is 6.92 Å². The van der Waals surface area contributed by atoms with Gasteiger partial charge in [0.1, 0.15) is 0 Å². The van der Waals surface area contributed by atoms with Gasteiger partial charge in [-0.05, 0) is 25.1 Å². The molecule has 9 heteroatoms. The number of ether oxygens (including phenoxy) is 1. The van der Waals surface area contributed by atoms with Gasteiger partial charge >= 0.3 is 0 Å². The first-order chi connectivity index (χ1) is 9.39. The Bertz CT molecular complexity index is 589. The second kappa shape index (κ2) is 7.32. The summed E-state index contributed by atoms with van der Waals surface area (Å²) in [6.07, 6.45) is 0. The molecule has 0 saturated heterocycles. The first-order valence-electron chi connectivity index (χ1n) is 5.75. The summed E-state index contributed by atoms with van der Waals surface area (Å²) in [6.45, 7) is 2.28. The van der Waals surface area contributed by atoms with E-state index in [1.165, 1.54) is 18.2 Å². The van der Waals surface area contributed by atoms with E-state index in [2.05, 4.69) is 9.88 Å². The van der Waals surface area contributed by atoms with Crippen LogP contribution in [0.4, 0.5) is 5.69 Å². The van der Waals surface area contributed by atoms with Gasteiger partial charge in [0.15, 0.2) is 5.84 Å². The number of nitrogens with one attached hydrogen (secondary N) is 1. The summed E-state index contributed by atoms with van der Waals surface area (Å²) in [5.41, 5.74) is 5.86. The molecule has 0 fully saturated rings. The molecule has 0 aliphatic carbocycles. The number of halogens is 1. The molecule has 1 aromatic rings. The number of nitrogens with zero attached hydrogens (tertiary/aromatic N) is 1. The Morgan fingerprint density at radius 1 is 1.55 bits per heavy atom. The van der Waals surface area contributed by atoms with E-state index in [1.807, 2.05) is 0 Å². The summed E-state index contributed by atoms with van der Waals surface area (Å²) >= 11 is 5.82. The summed E-state index contributed by atoms with van der Waals surface area (Å²) in [7, 11) is -3.61. The molecule has 1 rings (SSSR count). The fourth-order valence-electron chi connectivity index (χ4n) is 1.41. The van der Waals surface area contributed by atoms with Crippen LogP contribution in [-0.4, -0.2) is 38.4 Å². The molecule has 0 spiro atoms. The van der Waals surface area contributed by atoms with Crippen LogP contribution in [-0.2, 0) is 14.8 Å². The molecule has 7 nitrogen and oxygen atoms in total. The van der Waals surface area contributed by atoms with Gasteiger partial charge in [-0.2, -0.15) is 0 Å². The van der Waals surface area contributed by atoms with Crippen molar-refractivity contribution in [3.8, 4) is 0 Å². The zero-order valence-electron chi connectivity index (χ0n) is 10.8. The third-order valence-electron chi connectivity index (χ3n) is 2.33. The lowest BCUT2D eigenvalue weighted by molar-refractivity contribution is 0.163. The molecular formula is C11H16ClN3O4S. The third kappa shape index (κ3) is 4.87. The van der Waals surface area contributed by atoms with Gasteiger partial charge in [-0.25, -0.2) is 8.42 Å². The Balaban J connectivity index is 2.99. The Hall–Kier alpha value is -1.51. The van der Waals surface area contributed by atoms with Gasteiger partial charge in [0.25, 0.3) is 0 Å². The van der Waals surface area contributed by atoms with E-state index in [4.69, 9.17) is 27.3 Å². The largest absolute Gasteiger partial charge is 0.409 e. The number of anilines is 1. The molecule has 0 amide bonds. The van der Waals surface area contributed by atoms with Crippen molar-refractivity contribution < 1.29 is 18.4 Å². The van der Waals surface area contributed by atoms with E-state index in [1.54, 1.807) is 6.92 Å². The minimum absolute atomic E-state index is 0.0747. The summed E-state index contributed by atoms with van der Waals surface area (Å²) in [6, 6.07) is 4.35. The van der Waals surface area contributed by atoms with Crippen molar-refractivity contribution in [2.24, 2.45) is 10.9 Å². The van der Waals surface area contributed by atoms with Gasteiger partial charge in [-0.15, -0.1) is 0 Å². The summed E-state index contributed by atoms with van der Waals surface area (Å²) in [5, 5.41) is 11.9. The average Bonchev–Trinajstić information content (AvgIpc) is 2.37. The highest BCUT2D eigenvalue weighted by atomic mass is 35.5. The fraction of sp³-hybridized carbons (Fsp3) is 0.364. The molecule has 0 aliphatic rings. The predicted molar refractivity (Wildman–Crippen MR) is 77.9 cm³/mol. The number of rotatable bonds is 7. The summed E-state index contributed by atoms with van der Waals surface area (Å²) in [5.74, 6) is -0.424. The second-order valence-electron chi connectivity index (χ2n) is 3.79. The normalized spacial score (nSPS) is 12.4. The van der Waals surface area contributed by atoms with Crippen LogP contribution in [0.25, 0.3) is 0 Å². The van der Waals surface area contributed by atoms with Gasteiger partial charge in [-0.1, -0.05) is 16.8 Å². The lowest BCUT2D eigenvalue weighted by Crippen LogP contribution is -2.23. The molecule has 0 heterocycles. The zero-order valence-corrected chi connectivity index (χ0v) is 12.4. The molecule has 0 saturated carbocycles. The molecule has 0 aromatic heterocycles. The SMILES string of the molecule is CCOCCS(=O)(=O)Nc1cc(Cl)ccc1C(N)=NO. The van der Waals surface area contributed by atoms with E-state index in [-0.39, 0.29) is 29.4 Å². The van der Waals surface area contributed by atoms with Gasteiger partial charge in [-0.3, -0.25) is 4.72 Å². The van der Waals surface area contributed by atoms with E-state index in [0.29, 0.717) is 11.6 Å². The number of sulfonamides is 1. The highest BCUT2D eigenvalue weighted by Gasteiger charge is 2.15. The highest BCUT2D eigenvalue weighted by molar-refractivity contribution is 7.92. The lowest BCUT2D eigenvalue weighted by Gasteiger charge is -2.12. The molecule has 0 unspecified atom stereocenters. The predicted octanol–water partition coefficient (Wildman–Crippen LogP) is 1.21. The molecule has 20 heavy (non-hydrogen) atoms. The van der Waals surface area contributed by atoms with E-state index in [9.17, 15) is 8.42 Å². The van der Waals surface area contributed by atoms with Crippen LogP contribution in [0.1, 0.15) is 12.5 Å². The van der Waals surface area contributed by atoms with Gasteiger partial charge < -0.3 is 15.7 Å². The first kappa shape index (κ1) is 16.5. The van der Waals surface area contributed by atoms with Crippen LogP contribution in [0, 0.1) is 0 Å². The fourth-order valence-corrected chi connectivity index (χ4v) is 2.53. The van der Waals surface area contributed by atoms with Crippen LogP contribution >= 0.6 is 11.6 Å². The molecule has 0 atom stereocenters. The van der Waals surface area contributed by atoms with Crippen LogP contribution in [0.5, 0.6) is 0 Å². The maximum absolute atomic E-state index is 11.9. The molecule has 0 radical (unpaired) electrons. The Morgan fingerprint density at radius 3 is 2.85 bits per heavy atom. The van der Waals surface area contributed by atoms with Crippen LogP contribution in [0.15, 0.2) is 23.4 Å². The molecule has 0 bridgehead atoms. The first-order valence-corrected chi connectivity index (χ1v) is 7.78. The van der Waals surface area contributed by atoms with Crippen molar-refractivity contribution >= 4 is 33.1 Å². The number of nitrogens with two attached hydrogens (primary N) is 1. The second-order valence-corrected chi connectivity index (χ2v) is 6.07. The molecule has 112 valence electrons. The topological polar surface area (TPSA) is 114 Å². The minimum Gasteiger partial charge on any atom is -0.409 e. The van der Waals surface area contributed by atoms with Crippen molar-refractivity contribution in [2.75, 3.05) is 23.7 Å². The standard InChI is InChI=1S/C11H16ClN3O4S/c1-2-19-5-6-20(17,18)15-10-7-8(12)3-4-9(10)11(13)14-16/h3-4,7,15-16H,2,5-6H2,1H3,(H2,13,14). The maximum atomic E-state index is 11.9. The van der Waals surface area contributed by atoms with Crippen molar-refractivity contribution in [1.82, 2.24) is 0 Å². The monoisotopic (exact) mass is 321 g/mol. The van der Waals surface area contributed by atoms with Crippen molar-refractivity contribution in [3.05, 3.63) is 28.8 Å². The van der Waals surface area contributed by atoms with Crippen LogP contribution in [0.2, 0.25) is 5.02 Å². The maximum Gasteiger partial charge on any atom is 0.235 e. The number of amidine groups is 1. The van der Waals surface area contributed by atoms with Gasteiger partial charge in [0.2, 0.25) is 10.0 Å². The number of benzene rings is 1. The van der Waals surface area contributed by atoms with Gasteiger partial charge in [0, 0.05) is 17.2 Å². The average molecular weight is 322 g/mol. The third-order valence-corrected chi connectivity index (χ3v) is 3.80. The Labute approximate surface area is 122 Å². The zero-order chi connectivity index (χ0) is 15.2. The molecular weight excluding hydrogens is 306 g/mol. The number of hydrogen-bond acceptors (Lipinski definition) is 5. The number of hydrogen-bond donors (Lipinski definition) is 3. The summed E-state index contributed by atoms with van der Waals surface area (Å²) < 4.78 is 31.1. The lowest BCUT2D eigenvalue weighted by atomic mass is 10.1. The summed E-state index contributed by atoms with van der Waals surface area (Å²) in [4.78, 5) is 0. The smallest absolute Gasteiger partial charge is 0.235 e. The molecule has 0 aliphatic heterocycles. The van der Waals surface area contributed by atoms with Crippen LogP contribution in [0.3, 0.4) is 0 Å². The quantitative estimate of drug-likeness (QED) is 0.230. The Morgan fingerprint density at radius 2 is 2.25 bits per heavy atom. The Kier molecular flexibility index (Phi) is 6.05. The van der Waals surface area contributed by atoms with E-state index in [0.717, 1.165) is 0 Å². The highest BCUT2D eigenvalue weighted by Crippen LogP contribution is 2.22. The van der Waals surface area contributed by atoms with Gasteiger partial charge in [0.05, 0.1) is 18.0 Å². The van der Waals surface area contributed by atoms with E-state index < -0.39 is 10.0 Å². The molecule has 4 N–H and O–H groups in total. The number of oxime groups is 1. The van der Waals surface area contributed by atoms with Crippen molar-refractivity contribution in [1.29, 1.82) is 0 Å².